The molecule has 0 spiro atoms. The van der Waals surface area contributed by atoms with Crippen LogP contribution in [0.3, 0.4) is 0 Å². The fourth-order valence-corrected chi connectivity index (χ4v) is 2.06. The van der Waals surface area contributed by atoms with Crippen LogP contribution in [0.1, 0.15) is 43.8 Å². The van der Waals surface area contributed by atoms with Gasteiger partial charge in [-0.05, 0) is 37.5 Å². The molecule has 2 aromatic rings. The number of nitrogens with one attached hydrogen (secondary N) is 1. The molecule has 0 unspecified atom stereocenters. The quantitative estimate of drug-likeness (QED) is 0.874. The molecule has 0 atom stereocenters. The van der Waals surface area contributed by atoms with Gasteiger partial charge in [-0.15, -0.1) is 0 Å². The lowest BCUT2D eigenvalue weighted by Gasteiger charge is -2.10. The van der Waals surface area contributed by atoms with Crippen LogP contribution in [0.15, 0.2) is 30.3 Å². The summed E-state index contributed by atoms with van der Waals surface area (Å²) in [4.78, 5) is 8.84. The minimum Gasteiger partial charge on any atom is -0.486 e. The third-order valence-electron chi connectivity index (χ3n) is 3.17. The van der Waals surface area contributed by atoms with Gasteiger partial charge in [0.1, 0.15) is 18.2 Å². The first kappa shape index (κ1) is 15.3. The van der Waals surface area contributed by atoms with Crippen LogP contribution >= 0.6 is 0 Å². The van der Waals surface area contributed by atoms with Crippen LogP contribution in [-0.4, -0.2) is 16.5 Å². The Bertz CT molecular complexity index is 579. The van der Waals surface area contributed by atoms with Crippen molar-refractivity contribution in [2.24, 2.45) is 0 Å². The largest absolute Gasteiger partial charge is 0.486 e. The fraction of sp³-hybridized carbons (Fsp3) is 0.412. The predicted molar refractivity (Wildman–Crippen MR) is 85.8 cm³/mol. The van der Waals surface area contributed by atoms with Crippen LogP contribution in [0, 0.1) is 6.92 Å². The Morgan fingerprint density at radius 1 is 1.14 bits per heavy atom. The number of benzene rings is 1. The summed E-state index contributed by atoms with van der Waals surface area (Å²) in [6, 6.07) is 10.1. The molecule has 0 amide bonds. The van der Waals surface area contributed by atoms with Crippen LogP contribution in [0.4, 0.5) is 5.82 Å². The number of aromatic nitrogens is 2. The molecule has 0 radical (unpaired) electrons. The minimum absolute atomic E-state index is 0.376. The molecule has 1 N–H and O–H groups in total. The lowest BCUT2D eigenvalue weighted by Crippen LogP contribution is -2.07. The third-order valence-corrected chi connectivity index (χ3v) is 3.17. The van der Waals surface area contributed by atoms with Gasteiger partial charge in [0.25, 0.3) is 0 Å². The van der Waals surface area contributed by atoms with E-state index in [4.69, 9.17) is 4.74 Å². The number of hydrogen-bond donors (Lipinski definition) is 1. The molecule has 1 aromatic heterocycles. The minimum atomic E-state index is 0.376. The summed E-state index contributed by atoms with van der Waals surface area (Å²) in [5.41, 5.74) is 2.25. The second-order valence-electron chi connectivity index (χ2n) is 5.35. The van der Waals surface area contributed by atoms with Gasteiger partial charge in [0.05, 0.1) is 0 Å². The number of rotatable bonds is 6. The average Bonchev–Trinajstić information content (AvgIpc) is 2.45. The van der Waals surface area contributed by atoms with Gasteiger partial charge >= 0.3 is 0 Å². The van der Waals surface area contributed by atoms with Crippen molar-refractivity contribution in [1.82, 2.24) is 9.97 Å². The monoisotopic (exact) mass is 285 g/mol. The van der Waals surface area contributed by atoms with E-state index in [1.807, 2.05) is 32.0 Å². The summed E-state index contributed by atoms with van der Waals surface area (Å²) in [7, 11) is 0. The lowest BCUT2D eigenvalue weighted by atomic mass is 10.0. The zero-order valence-electron chi connectivity index (χ0n) is 13.2. The molecule has 1 aromatic carbocycles. The third kappa shape index (κ3) is 4.45. The summed E-state index contributed by atoms with van der Waals surface area (Å²) >= 11 is 0. The highest BCUT2D eigenvalue weighted by Gasteiger charge is 2.04. The summed E-state index contributed by atoms with van der Waals surface area (Å²) in [5.74, 6) is 2.91. The molecule has 0 aliphatic carbocycles. The summed E-state index contributed by atoms with van der Waals surface area (Å²) in [6.07, 6.45) is 0. The van der Waals surface area contributed by atoms with Crippen LogP contribution in [0.25, 0.3) is 0 Å². The van der Waals surface area contributed by atoms with E-state index in [1.54, 1.807) is 0 Å². The molecule has 21 heavy (non-hydrogen) atoms. The van der Waals surface area contributed by atoms with Crippen molar-refractivity contribution < 1.29 is 4.74 Å². The molecule has 112 valence electrons. The van der Waals surface area contributed by atoms with Gasteiger partial charge in [-0.25, -0.2) is 9.97 Å². The highest BCUT2D eigenvalue weighted by atomic mass is 16.5. The van der Waals surface area contributed by atoms with Crippen LogP contribution in [-0.2, 0) is 6.61 Å². The van der Waals surface area contributed by atoms with Crippen molar-refractivity contribution in [3.05, 3.63) is 47.4 Å². The molecule has 0 bridgehead atoms. The van der Waals surface area contributed by atoms with Gasteiger partial charge < -0.3 is 10.1 Å². The molecule has 0 fully saturated rings. The van der Waals surface area contributed by atoms with E-state index < -0.39 is 0 Å². The molecular weight excluding hydrogens is 262 g/mol. The predicted octanol–water partition coefficient (Wildman–Crippen LogP) is 3.92. The maximum absolute atomic E-state index is 5.76. The van der Waals surface area contributed by atoms with Crippen LogP contribution in [0.5, 0.6) is 5.75 Å². The number of anilines is 1. The van der Waals surface area contributed by atoms with E-state index in [-0.39, 0.29) is 0 Å². The Morgan fingerprint density at radius 2 is 1.86 bits per heavy atom. The molecule has 4 nitrogen and oxygen atoms in total. The van der Waals surface area contributed by atoms with Gasteiger partial charge in [-0.3, -0.25) is 0 Å². The number of ether oxygens (including phenoxy) is 1. The van der Waals surface area contributed by atoms with Crippen molar-refractivity contribution in [2.45, 2.75) is 40.2 Å². The van der Waals surface area contributed by atoms with Crippen molar-refractivity contribution >= 4 is 5.82 Å². The zero-order chi connectivity index (χ0) is 15.2. The maximum atomic E-state index is 5.76. The van der Waals surface area contributed by atoms with Crippen molar-refractivity contribution in [3.8, 4) is 5.75 Å². The summed E-state index contributed by atoms with van der Waals surface area (Å²) in [5, 5.41) is 3.20. The Kier molecular flexibility index (Phi) is 5.14. The van der Waals surface area contributed by atoms with E-state index in [1.165, 1.54) is 5.56 Å². The number of aryl methyl sites for hydroxylation is 1. The SMILES string of the molecule is CCNc1cc(C)nc(COc2ccc(C(C)C)cc2)n1. The molecule has 1 heterocycles. The Morgan fingerprint density at radius 3 is 2.48 bits per heavy atom. The van der Waals surface area contributed by atoms with Gasteiger partial charge in [0, 0.05) is 18.3 Å². The highest BCUT2D eigenvalue weighted by molar-refractivity contribution is 5.35. The first-order valence-electron chi connectivity index (χ1n) is 7.39. The Labute approximate surface area is 126 Å². The van der Waals surface area contributed by atoms with Crippen LogP contribution < -0.4 is 10.1 Å². The van der Waals surface area contributed by atoms with E-state index >= 15 is 0 Å². The summed E-state index contributed by atoms with van der Waals surface area (Å²) in [6.45, 7) is 9.58. The van der Waals surface area contributed by atoms with E-state index in [2.05, 4.69) is 41.3 Å². The molecule has 4 heteroatoms. The van der Waals surface area contributed by atoms with Crippen molar-refractivity contribution in [1.29, 1.82) is 0 Å². The topological polar surface area (TPSA) is 47.0 Å². The molecule has 0 saturated carbocycles. The fourth-order valence-electron chi connectivity index (χ4n) is 2.06. The normalized spacial score (nSPS) is 10.7. The number of nitrogens with zero attached hydrogens (tertiary/aromatic N) is 2. The average molecular weight is 285 g/mol. The van der Waals surface area contributed by atoms with Gasteiger partial charge in [0.2, 0.25) is 0 Å². The molecule has 0 aliphatic heterocycles. The second-order valence-corrected chi connectivity index (χ2v) is 5.35. The van der Waals surface area contributed by atoms with Gasteiger partial charge in [-0.1, -0.05) is 26.0 Å². The van der Waals surface area contributed by atoms with Crippen molar-refractivity contribution in [3.63, 3.8) is 0 Å². The lowest BCUT2D eigenvalue weighted by molar-refractivity contribution is 0.295. The Hall–Kier alpha value is -2.10. The van der Waals surface area contributed by atoms with E-state index in [9.17, 15) is 0 Å². The standard InChI is InChI=1S/C17H23N3O/c1-5-18-16-10-13(4)19-17(20-16)11-21-15-8-6-14(7-9-15)12(2)3/h6-10,12H,5,11H2,1-4H3,(H,18,19,20). The molecule has 0 aliphatic rings. The molecule has 0 saturated heterocycles. The summed E-state index contributed by atoms with van der Waals surface area (Å²) < 4.78 is 5.76. The smallest absolute Gasteiger partial charge is 0.168 e. The first-order chi connectivity index (χ1) is 10.1. The Balaban J connectivity index is 2.02. The maximum Gasteiger partial charge on any atom is 0.168 e. The molecule has 2 rings (SSSR count). The molecular formula is C17H23N3O. The van der Waals surface area contributed by atoms with Crippen LogP contribution in [0.2, 0.25) is 0 Å². The second kappa shape index (κ2) is 7.07. The van der Waals surface area contributed by atoms with E-state index in [0.29, 0.717) is 18.3 Å². The zero-order valence-corrected chi connectivity index (χ0v) is 13.2. The first-order valence-corrected chi connectivity index (χ1v) is 7.39. The highest BCUT2D eigenvalue weighted by Crippen LogP contribution is 2.19. The van der Waals surface area contributed by atoms with Gasteiger partial charge in [-0.2, -0.15) is 0 Å². The number of hydrogen-bond acceptors (Lipinski definition) is 4. The van der Waals surface area contributed by atoms with Gasteiger partial charge in [0.15, 0.2) is 5.82 Å². The van der Waals surface area contributed by atoms with E-state index in [0.717, 1.165) is 23.8 Å². The van der Waals surface area contributed by atoms with Crippen molar-refractivity contribution in [2.75, 3.05) is 11.9 Å².